The maximum absolute atomic E-state index is 11.6. The van der Waals surface area contributed by atoms with Gasteiger partial charge in [-0.15, -0.1) is 0 Å². The van der Waals surface area contributed by atoms with Crippen molar-refractivity contribution in [1.29, 1.82) is 0 Å². The summed E-state index contributed by atoms with van der Waals surface area (Å²) < 4.78 is 30.9. The first-order valence-electron chi connectivity index (χ1n) is 5.84. The number of ether oxygens (including phenoxy) is 1. The van der Waals surface area contributed by atoms with Gasteiger partial charge in [0.05, 0.1) is 12.4 Å². The summed E-state index contributed by atoms with van der Waals surface area (Å²) in [6, 6.07) is 0.391. The van der Waals surface area contributed by atoms with Crippen LogP contribution in [0.2, 0.25) is 0 Å². The fraction of sp³-hybridized carbons (Fsp3) is 1.00. The van der Waals surface area contributed by atoms with Gasteiger partial charge in [0, 0.05) is 25.2 Å². The van der Waals surface area contributed by atoms with Gasteiger partial charge in [-0.1, -0.05) is 0 Å². The van der Waals surface area contributed by atoms with Gasteiger partial charge in [-0.3, -0.25) is 0 Å². The monoisotopic (exact) mass is 250 g/mol. The molecule has 0 aromatic rings. The smallest absolute Gasteiger partial charge is 0.213 e. The Kier molecular flexibility index (Phi) is 5.68. The van der Waals surface area contributed by atoms with Crippen molar-refractivity contribution in [3.05, 3.63) is 0 Å². The zero-order chi connectivity index (χ0) is 12.0. The molecule has 16 heavy (non-hydrogen) atoms. The Labute approximate surface area is 98.0 Å². The van der Waals surface area contributed by atoms with Crippen LogP contribution >= 0.6 is 0 Å². The van der Waals surface area contributed by atoms with E-state index in [9.17, 15) is 8.42 Å². The SMILES string of the molecule is CCOCC(C)NS(=O)(=O)CCNC1CC1. The number of sulfonamides is 1. The Morgan fingerprint density at radius 1 is 1.44 bits per heavy atom. The van der Waals surface area contributed by atoms with Crippen LogP contribution in [-0.2, 0) is 14.8 Å². The molecule has 0 radical (unpaired) electrons. The van der Waals surface area contributed by atoms with E-state index < -0.39 is 10.0 Å². The summed E-state index contributed by atoms with van der Waals surface area (Å²) in [6.07, 6.45) is 2.35. The number of hydrogen-bond donors (Lipinski definition) is 2. The van der Waals surface area contributed by atoms with Crippen molar-refractivity contribution < 1.29 is 13.2 Å². The van der Waals surface area contributed by atoms with Gasteiger partial charge in [0.2, 0.25) is 10.0 Å². The van der Waals surface area contributed by atoms with Gasteiger partial charge < -0.3 is 10.1 Å². The van der Waals surface area contributed by atoms with Gasteiger partial charge in [-0.05, 0) is 26.7 Å². The molecule has 1 fully saturated rings. The van der Waals surface area contributed by atoms with Crippen LogP contribution in [0.1, 0.15) is 26.7 Å². The zero-order valence-corrected chi connectivity index (χ0v) is 10.8. The van der Waals surface area contributed by atoms with Gasteiger partial charge in [0.1, 0.15) is 0 Å². The summed E-state index contributed by atoms with van der Waals surface area (Å²) in [6.45, 7) is 5.25. The van der Waals surface area contributed by atoms with Crippen molar-refractivity contribution in [2.24, 2.45) is 0 Å². The van der Waals surface area contributed by atoms with E-state index in [2.05, 4.69) is 10.0 Å². The number of hydrogen-bond acceptors (Lipinski definition) is 4. The molecule has 5 nitrogen and oxygen atoms in total. The third kappa shape index (κ3) is 6.42. The lowest BCUT2D eigenvalue weighted by Crippen LogP contribution is -2.39. The largest absolute Gasteiger partial charge is 0.380 e. The van der Waals surface area contributed by atoms with Crippen molar-refractivity contribution in [1.82, 2.24) is 10.0 Å². The minimum Gasteiger partial charge on any atom is -0.380 e. The lowest BCUT2D eigenvalue weighted by atomic mass is 10.4. The van der Waals surface area contributed by atoms with Crippen LogP contribution in [-0.4, -0.2) is 46.0 Å². The summed E-state index contributed by atoms with van der Waals surface area (Å²) in [5.74, 6) is 0.139. The molecule has 1 atom stereocenters. The van der Waals surface area contributed by atoms with Crippen LogP contribution in [0.5, 0.6) is 0 Å². The summed E-state index contributed by atoms with van der Waals surface area (Å²) in [4.78, 5) is 0. The molecule has 0 bridgehead atoms. The van der Waals surface area contributed by atoms with E-state index in [4.69, 9.17) is 4.74 Å². The molecule has 0 aromatic heterocycles. The third-order valence-corrected chi connectivity index (χ3v) is 3.84. The minimum atomic E-state index is -3.17. The van der Waals surface area contributed by atoms with Crippen molar-refractivity contribution in [2.45, 2.75) is 38.8 Å². The molecule has 1 rings (SSSR count). The Hall–Kier alpha value is -0.170. The molecular formula is C10H22N2O3S. The van der Waals surface area contributed by atoms with E-state index in [1.807, 2.05) is 13.8 Å². The van der Waals surface area contributed by atoms with Crippen LogP contribution in [0.3, 0.4) is 0 Å². The average Bonchev–Trinajstić information content (AvgIpc) is 2.97. The average molecular weight is 250 g/mol. The number of nitrogens with one attached hydrogen (secondary N) is 2. The van der Waals surface area contributed by atoms with Gasteiger partial charge in [0.25, 0.3) is 0 Å². The van der Waals surface area contributed by atoms with Gasteiger partial charge >= 0.3 is 0 Å². The highest BCUT2D eigenvalue weighted by atomic mass is 32.2. The predicted octanol–water partition coefficient (Wildman–Crippen LogP) is 0.0828. The predicted molar refractivity (Wildman–Crippen MR) is 63.9 cm³/mol. The van der Waals surface area contributed by atoms with E-state index in [1.54, 1.807) is 0 Å². The van der Waals surface area contributed by atoms with E-state index in [1.165, 1.54) is 12.8 Å². The molecule has 0 aliphatic heterocycles. The second kappa shape index (κ2) is 6.54. The first kappa shape index (κ1) is 13.9. The Bertz CT molecular complexity index is 288. The van der Waals surface area contributed by atoms with Crippen LogP contribution in [0.25, 0.3) is 0 Å². The van der Waals surface area contributed by atoms with E-state index >= 15 is 0 Å². The normalized spacial score (nSPS) is 18.6. The van der Waals surface area contributed by atoms with E-state index in [-0.39, 0.29) is 11.8 Å². The fourth-order valence-electron chi connectivity index (χ4n) is 1.38. The minimum absolute atomic E-state index is 0.139. The first-order valence-corrected chi connectivity index (χ1v) is 7.50. The van der Waals surface area contributed by atoms with Crippen molar-refractivity contribution in [3.63, 3.8) is 0 Å². The molecule has 0 heterocycles. The van der Waals surface area contributed by atoms with Gasteiger partial charge in [-0.25, -0.2) is 13.1 Å². The maximum atomic E-state index is 11.6. The van der Waals surface area contributed by atoms with Gasteiger partial charge in [0.15, 0.2) is 0 Å². The molecule has 0 amide bonds. The molecule has 0 saturated heterocycles. The molecule has 1 unspecified atom stereocenters. The highest BCUT2D eigenvalue weighted by molar-refractivity contribution is 7.89. The van der Waals surface area contributed by atoms with Crippen LogP contribution in [0.15, 0.2) is 0 Å². The van der Waals surface area contributed by atoms with Crippen LogP contribution < -0.4 is 10.0 Å². The highest BCUT2D eigenvalue weighted by Crippen LogP contribution is 2.17. The highest BCUT2D eigenvalue weighted by Gasteiger charge is 2.21. The second-order valence-corrected chi connectivity index (χ2v) is 6.10. The summed E-state index contributed by atoms with van der Waals surface area (Å²) in [5, 5.41) is 3.18. The molecule has 2 N–H and O–H groups in total. The zero-order valence-electron chi connectivity index (χ0n) is 10.0. The summed E-state index contributed by atoms with van der Waals surface area (Å²) >= 11 is 0. The van der Waals surface area contributed by atoms with Crippen molar-refractivity contribution in [2.75, 3.05) is 25.5 Å². The molecule has 1 saturated carbocycles. The molecular weight excluding hydrogens is 228 g/mol. The molecule has 6 heteroatoms. The molecule has 1 aliphatic rings. The molecule has 1 aliphatic carbocycles. The summed E-state index contributed by atoms with van der Waals surface area (Å²) in [7, 11) is -3.17. The van der Waals surface area contributed by atoms with E-state index in [0.717, 1.165) is 0 Å². The molecule has 0 spiro atoms. The Morgan fingerprint density at radius 3 is 2.69 bits per heavy atom. The van der Waals surface area contributed by atoms with Crippen LogP contribution in [0.4, 0.5) is 0 Å². The number of rotatable bonds is 9. The fourth-order valence-corrected chi connectivity index (χ4v) is 2.56. The quantitative estimate of drug-likeness (QED) is 0.608. The Balaban J connectivity index is 2.15. The lowest BCUT2D eigenvalue weighted by molar-refractivity contribution is 0.133. The summed E-state index contributed by atoms with van der Waals surface area (Å²) in [5.41, 5.74) is 0. The standard InChI is InChI=1S/C10H22N2O3S/c1-3-15-8-9(2)12-16(13,14)7-6-11-10-4-5-10/h9-12H,3-8H2,1-2H3. The van der Waals surface area contributed by atoms with Crippen molar-refractivity contribution in [3.8, 4) is 0 Å². The van der Waals surface area contributed by atoms with Crippen molar-refractivity contribution >= 4 is 10.0 Å². The second-order valence-electron chi connectivity index (χ2n) is 4.23. The molecule has 0 aromatic carbocycles. The van der Waals surface area contributed by atoms with E-state index in [0.29, 0.717) is 25.8 Å². The van der Waals surface area contributed by atoms with Crippen LogP contribution in [0, 0.1) is 0 Å². The van der Waals surface area contributed by atoms with Gasteiger partial charge in [-0.2, -0.15) is 0 Å². The maximum Gasteiger partial charge on any atom is 0.213 e. The first-order chi connectivity index (χ1) is 7.53. The topological polar surface area (TPSA) is 67.4 Å². The lowest BCUT2D eigenvalue weighted by Gasteiger charge is -2.14. The Morgan fingerprint density at radius 2 is 2.12 bits per heavy atom. The third-order valence-electron chi connectivity index (χ3n) is 2.33. The molecule has 96 valence electrons.